The van der Waals surface area contributed by atoms with Crippen LogP contribution in [0.1, 0.15) is 28.8 Å². The molecule has 1 aromatic heterocycles. The second-order valence-electron chi connectivity index (χ2n) is 6.80. The molecular weight excluding hydrogens is 264 g/mol. The molecule has 4 heteroatoms. The second kappa shape index (κ2) is 4.88. The Labute approximate surface area is 125 Å². The Morgan fingerprint density at radius 2 is 2.19 bits per heavy atom. The van der Waals surface area contributed by atoms with Crippen LogP contribution >= 0.6 is 0 Å². The number of likely N-dealkylation sites (tertiary alicyclic amines) is 1. The molecule has 1 saturated heterocycles. The molecule has 0 amide bonds. The summed E-state index contributed by atoms with van der Waals surface area (Å²) in [4.78, 5) is 11.1. The molecule has 2 aromatic rings. The predicted octanol–water partition coefficient (Wildman–Crippen LogP) is 2.89. The van der Waals surface area contributed by atoms with Gasteiger partial charge in [-0.3, -0.25) is 0 Å². The van der Waals surface area contributed by atoms with Gasteiger partial charge in [0.05, 0.1) is 32.7 Å². The van der Waals surface area contributed by atoms with E-state index in [1.54, 1.807) is 12.1 Å². The van der Waals surface area contributed by atoms with Gasteiger partial charge in [-0.05, 0) is 30.7 Å². The zero-order chi connectivity index (χ0) is 15.2. The lowest BCUT2D eigenvalue weighted by Crippen LogP contribution is -2.45. The van der Waals surface area contributed by atoms with E-state index in [1.165, 1.54) is 19.4 Å². The number of likely N-dealkylation sites (N-methyl/N-ethyl adjacent to an activating group) is 1. The fraction of sp³-hybridized carbons (Fsp3) is 0.471. The molecule has 1 aromatic carbocycles. The zero-order valence-electron chi connectivity index (χ0n) is 13.0. The quantitative estimate of drug-likeness (QED) is 0.882. The van der Waals surface area contributed by atoms with Gasteiger partial charge in [0.1, 0.15) is 6.04 Å². The van der Waals surface area contributed by atoms with Crippen LogP contribution in [-0.2, 0) is 6.54 Å². The van der Waals surface area contributed by atoms with E-state index >= 15 is 0 Å². The maximum atomic E-state index is 11.1. The van der Waals surface area contributed by atoms with Crippen molar-refractivity contribution in [3.8, 4) is 0 Å². The van der Waals surface area contributed by atoms with Crippen LogP contribution in [0.5, 0.6) is 0 Å². The van der Waals surface area contributed by atoms with Crippen LogP contribution in [0.4, 0.5) is 0 Å². The fourth-order valence-corrected chi connectivity index (χ4v) is 3.57. The van der Waals surface area contributed by atoms with Gasteiger partial charge in [-0.15, -0.1) is 0 Å². The summed E-state index contributed by atoms with van der Waals surface area (Å²) in [6.07, 6.45) is 4.71. The van der Waals surface area contributed by atoms with Crippen molar-refractivity contribution in [3.05, 3.63) is 35.5 Å². The van der Waals surface area contributed by atoms with Crippen LogP contribution in [-0.4, -0.2) is 46.8 Å². The topological polar surface area (TPSA) is 42.2 Å². The summed E-state index contributed by atoms with van der Waals surface area (Å²) in [5, 5.41) is 10.2. The number of aromatic carboxylic acids is 1. The van der Waals surface area contributed by atoms with Crippen molar-refractivity contribution < 1.29 is 14.4 Å². The lowest BCUT2D eigenvalue weighted by atomic mass is 10.1. The highest BCUT2D eigenvalue weighted by Crippen LogP contribution is 2.27. The Kier molecular flexibility index (Phi) is 3.29. The number of quaternary nitrogens is 1. The van der Waals surface area contributed by atoms with E-state index in [1.807, 2.05) is 6.07 Å². The zero-order valence-corrected chi connectivity index (χ0v) is 13.0. The number of rotatable bonds is 3. The first-order chi connectivity index (χ1) is 9.88. The van der Waals surface area contributed by atoms with E-state index in [0.717, 1.165) is 27.5 Å². The summed E-state index contributed by atoms with van der Waals surface area (Å²) >= 11 is 0. The number of hydrogen-bond acceptors (Lipinski definition) is 1. The normalized spacial score (nSPS) is 21.0. The van der Waals surface area contributed by atoms with Gasteiger partial charge in [0, 0.05) is 29.9 Å². The molecule has 0 unspecified atom stereocenters. The maximum absolute atomic E-state index is 11.1. The standard InChI is InChI=1S/C17H22N2O2/c1-12-10-18(11-14-5-4-8-19(14,2)3)16-7-6-13(17(20)21)9-15(12)16/h6-7,9-10,14H,4-5,8,11H2,1-3H3/p+1/t14-/m1/s1. The summed E-state index contributed by atoms with van der Waals surface area (Å²) in [5.74, 6) is -0.863. The van der Waals surface area contributed by atoms with E-state index in [0.29, 0.717) is 11.6 Å². The number of hydrogen-bond donors (Lipinski definition) is 1. The Balaban J connectivity index is 1.98. The van der Waals surface area contributed by atoms with Gasteiger partial charge >= 0.3 is 5.97 Å². The van der Waals surface area contributed by atoms with Crippen molar-refractivity contribution in [1.82, 2.24) is 4.57 Å². The number of carboxylic acids is 1. The number of aryl methyl sites for hydroxylation is 1. The largest absolute Gasteiger partial charge is 0.478 e. The van der Waals surface area contributed by atoms with Crippen LogP contribution in [0.25, 0.3) is 10.9 Å². The third-order valence-electron chi connectivity index (χ3n) is 4.99. The van der Waals surface area contributed by atoms with Crippen LogP contribution in [0, 0.1) is 6.92 Å². The molecule has 3 rings (SSSR count). The molecule has 0 aliphatic carbocycles. The van der Waals surface area contributed by atoms with Crippen LogP contribution in [0.2, 0.25) is 0 Å². The van der Waals surface area contributed by atoms with Gasteiger partial charge in [0.2, 0.25) is 0 Å². The summed E-state index contributed by atoms with van der Waals surface area (Å²) in [7, 11) is 4.61. The Bertz CT molecular complexity index is 700. The average molecular weight is 287 g/mol. The van der Waals surface area contributed by atoms with E-state index in [-0.39, 0.29) is 0 Å². The molecule has 1 fully saturated rings. The number of carboxylic acid groups (broad SMARTS) is 1. The van der Waals surface area contributed by atoms with Crippen molar-refractivity contribution in [3.63, 3.8) is 0 Å². The molecule has 0 spiro atoms. The summed E-state index contributed by atoms with van der Waals surface area (Å²) in [6.45, 7) is 4.30. The molecular formula is C17H23N2O2+. The highest BCUT2D eigenvalue weighted by atomic mass is 16.4. The van der Waals surface area contributed by atoms with Crippen molar-refractivity contribution in [2.24, 2.45) is 0 Å². The SMILES string of the molecule is Cc1cn(C[C@H]2CCC[N+]2(C)C)c2ccc(C(=O)O)cc12. The number of aromatic nitrogens is 1. The minimum absolute atomic E-state index is 0.361. The Morgan fingerprint density at radius 1 is 1.43 bits per heavy atom. The average Bonchev–Trinajstić information content (AvgIpc) is 2.91. The van der Waals surface area contributed by atoms with Crippen molar-refractivity contribution >= 4 is 16.9 Å². The molecule has 112 valence electrons. The molecule has 1 aliphatic rings. The Hall–Kier alpha value is -1.81. The van der Waals surface area contributed by atoms with Crippen LogP contribution in [0.3, 0.4) is 0 Å². The predicted molar refractivity (Wildman–Crippen MR) is 83.6 cm³/mol. The fourth-order valence-electron chi connectivity index (χ4n) is 3.57. The van der Waals surface area contributed by atoms with Crippen molar-refractivity contribution in [2.45, 2.75) is 32.4 Å². The van der Waals surface area contributed by atoms with Gasteiger partial charge in [0.15, 0.2) is 0 Å². The molecule has 4 nitrogen and oxygen atoms in total. The minimum Gasteiger partial charge on any atom is -0.478 e. The molecule has 1 N–H and O–H groups in total. The molecule has 21 heavy (non-hydrogen) atoms. The number of nitrogens with zero attached hydrogens (tertiary/aromatic N) is 2. The van der Waals surface area contributed by atoms with Crippen LogP contribution in [0.15, 0.2) is 24.4 Å². The molecule has 1 aliphatic heterocycles. The van der Waals surface area contributed by atoms with E-state index in [2.05, 4.69) is 31.8 Å². The summed E-state index contributed by atoms with van der Waals surface area (Å²) in [5.41, 5.74) is 2.65. The third kappa shape index (κ3) is 2.44. The van der Waals surface area contributed by atoms with Gasteiger partial charge in [-0.2, -0.15) is 0 Å². The van der Waals surface area contributed by atoms with Gasteiger partial charge in [0.25, 0.3) is 0 Å². The Morgan fingerprint density at radius 3 is 2.81 bits per heavy atom. The second-order valence-corrected chi connectivity index (χ2v) is 6.80. The molecule has 0 bridgehead atoms. The lowest BCUT2D eigenvalue weighted by Gasteiger charge is -2.32. The van der Waals surface area contributed by atoms with E-state index in [4.69, 9.17) is 5.11 Å². The van der Waals surface area contributed by atoms with Gasteiger partial charge in [-0.1, -0.05) is 0 Å². The number of fused-ring (bicyclic) bond motifs is 1. The smallest absolute Gasteiger partial charge is 0.335 e. The lowest BCUT2D eigenvalue weighted by molar-refractivity contribution is -0.902. The van der Waals surface area contributed by atoms with Gasteiger partial charge in [-0.25, -0.2) is 4.79 Å². The van der Waals surface area contributed by atoms with Crippen LogP contribution < -0.4 is 0 Å². The molecule has 1 atom stereocenters. The first kappa shape index (κ1) is 14.1. The monoisotopic (exact) mass is 287 g/mol. The van der Waals surface area contributed by atoms with E-state index < -0.39 is 5.97 Å². The first-order valence-electron chi connectivity index (χ1n) is 7.54. The first-order valence-corrected chi connectivity index (χ1v) is 7.54. The maximum Gasteiger partial charge on any atom is 0.335 e. The highest BCUT2D eigenvalue weighted by molar-refractivity contribution is 5.94. The number of carbonyl (C=O) groups is 1. The summed E-state index contributed by atoms with van der Waals surface area (Å²) in [6, 6.07) is 6.08. The number of benzene rings is 1. The molecule has 2 heterocycles. The minimum atomic E-state index is -0.863. The van der Waals surface area contributed by atoms with Crippen molar-refractivity contribution in [2.75, 3.05) is 20.6 Å². The third-order valence-corrected chi connectivity index (χ3v) is 4.99. The van der Waals surface area contributed by atoms with Gasteiger partial charge < -0.3 is 14.2 Å². The van der Waals surface area contributed by atoms with Crippen molar-refractivity contribution in [1.29, 1.82) is 0 Å². The van der Waals surface area contributed by atoms with E-state index in [9.17, 15) is 4.79 Å². The summed E-state index contributed by atoms with van der Waals surface area (Å²) < 4.78 is 3.37. The molecule has 0 saturated carbocycles. The molecule has 0 radical (unpaired) electrons. The highest BCUT2D eigenvalue weighted by Gasteiger charge is 2.34.